The topological polar surface area (TPSA) is 41.0 Å². The smallest absolute Gasteiger partial charge is 0.151 e. The Morgan fingerprint density at radius 2 is 1.90 bits per heavy atom. The van der Waals surface area contributed by atoms with E-state index in [1.165, 1.54) is 11.1 Å². The molecule has 0 bridgehead atoms. The highest BCUT2D eigenvalue weighted by molar-refractivity contribution is 5.64. The first-order chi connectivity index (χ1) is 10.2. The van der Waals surface area contributed by atoms with Crippen molar-refractivity contribution >= 4 is 5.82 Å². The fourth-order valence-corrected chi connectivity index (χ4v) is 2.81. The number of anilines is 1. The van der Waals surface area contributed by atoms with Crippen molar-refractivity contribution < 1.29 is 0 Å². The Kier molecular flexibility index (Phi) is 4.15. The van der Waals surface area contributed by atoms with E-state index in [0.29, 0.717) is 0 Å². The quantitative estimate of drug-likeness (QED) is 0.919. The predicted octanol–water partition coefficient (Wildman–Crippen LogP) is 2.56. The molecule has 1 aliphatic rings. The third kappa shape index (κ3) is 3.22. The van der Waals surface area contributed by atoms with Crippen LogP contribution < -0.4 is 10.2 Å². The van der Waals surface area contributed by atoms with Crippen LogP contribution in [0, 0.1) is 13.8 Å². The second kappa shape index (κ2) is 6.22. The van der Waals surface area contributed by atoms with Gasteiger partial charge in [0, 0.05) is 25.2 Å². The van der Waals surface area contributed by atoms with Gasteiger partial charge in [0.2, 0.25) is 0 Å². The van der Waals surface area contributed by atoms with Crippen molar-refractivity contribution in [1.82, 2.24) is 15.5 Å². The monoisotopic (exact) mass is 282 g/mol. The van der Waals surface area contributed by atoms with Crippen molar-refractivity contribution in [1.29, 1.82) is 0 Å². The lowest BCUT2D eigenvalue weighted by atomic mass is 10.0. The van der Waals surface area contributed by atoms with E-state index >= 15 is 0 Å². The lowest BCUT2D eigenvalue weighted by Crippen LogP contribution is -2.28. The average molecular weight is 282 g/mol. The summed E-state index contributed by atoms with van der Waals surface area (Å²) in [4.78, 5) is 2.30. The molecule has 1 aromatic carbocycles. The van der Waals surface area contributed by atoms with Gasteiger partial charge >= 0.3 is 0 Å². The number of aryl methyl sites for hydroxylation is 2. The summed E-state index contributed by atoms with van der Waals surface area (Å²) in [6.07, 6.45) is 1.15. The molecule has 0 saturated carbocycles. The zero-order valence-corrected chi connectivity index (χ0v) is 12.8. The van der Waals surface area contributed by atoms with E-state index in [-0.39, 0.29) is 0 Å². The van der Waals surface area contributed by atoms with Crippen LogP contribution in [0.4, 0.5) is 5.82 Å². The highest BCUT2D eigenvalue weighted by Crippen LogP contribution is 2.23. The van der Waals surface area contributed by atoms with Gasteiger partial charge < -0.3 is 10.2 Å². The van der Waals surface area contributed by atoms with Gasteiger partial charge in [-0.05, 0) is 44.5 Å². The molecular formula is C17H22N4. The minimum absolute atomic E-state index is 0.948. The summed E-state index contributed by atoms with van der Waals surface area (Å²) >= 11 is 0. The van der Waals surface area contributed by atoms with Crippen LogP contribution in [0.15, 0.2) is 30.3 Å². The van der Waals surface area contributed by atoms with Crippen molar-refractivity contribution in [3.63, 3.8) is 0 Å². The Morgan fingerprint density at radius 1 is 1.00 bits per heavy atom. The Balaban J connectivity index is 1.83. The summed E-state index contributed by atoms with van der Waals surface area (Å²) in [7, 11) is 0. The molecule has 0 unspecified atom stereocenters. The number of nitrogens with zero attached hydrogens (tertiary/aromatic N) is 3. The van der Waals surface area contributed by atoms with E-state index in [2.05, 4.69) is 64.6 Å². The van der Waals surface area contributed by atoms with Crippen LogP contribution in [0.1, 0.15) is 17.5 Å². The Morgan fingerprint density at radius 3 is 2.67 bits per heavy atom. The summed E-state index contributed by atoms with van der Waals surface area (Å²) in [6.45, 7) is 8.38. The van der Waals surface area contributed by atoms with Crippen LogP contribution in [0.25, 0.3) is 11.3 Å². The molecule has 1 N–H and O–H groups in total. The number of hydrogen-bond acceptors (Lipinski definition) is 4. The highest BCUT2D eigenvalue weighted by Gasteiger charge is 2.12. The molecule has 0 radical (unpaired) electrons. The summed E-state index contributed by atoms with van der Waals surface area (Å²) < 4.78 is 0. The lowest BCUT2D eigenvalue weighted by Gasteiger charge is -2.20. The molecule has 3 rings (SSSR count). The maximum Gasteiger partial charge on any atom is 0.151 e. The predicted molar refractivity (Wildman–Crippen MR) is 86.6 cm³/mol. The van der Waals surface area contributed by atoms with Gasteiger partial charge in [-0.15, -0.1) is 10.2 Å². The molecule has 1 aliphatic heterocycles. The molecular weight excluding hydrogens is 260 g/mol. The fraction of sp³-hybridized carbons (Fsp3) is 0.412. The van der Waals surface area contributed by atoms with Gasteiger partial charge in [-0.25, -0.2) is 0 Å². The molecule has 21 heavy (non-hydrogen) atoms. The van der Waals surface area contributed by atoms with Crippen LogP contribution in [-0.4, -0.2) is 36.4 Å². The molecule has 2 heterocycles. The van der Waals surface area contributed by atoms with E-state index in [1.54, 1.807) is 0 Å². The Bertz CT molecular complexity index is 599. The van der Waals surface area contributed by atoms with Gasteiger partial charge in [-0.3, -0.25) is 0 Å². The minimum atomic E-state index is 0.948. The molecule has 0 amide bonds. The molecule has 0 aliphatic carbocycles. The van der Waals surface area contributed by atoms with Crippen LogP contribution in [-0.2, 0) is 0 Å². The third-order valence-electron chi connectivity index (χ3n) is 3.97. The molecule has 0 spiro atoms. The fourth-order valence-electron chi connectivity index (χ4n) is 2.81. The number of benzene rings is 1. The highest BCUT2D eigenvalue weighted by atomic mass is 15.3. The zero-order chi connectivity index (χ0) is 14.7. The molecule has 110 valence electrons. The minimum Gasteiger partial charge on any atom is -0.354 e. The normalized spacial score (nSPS) is 15.8. The van der Waals surface area contributed by atoms with E-state index in [9.17, 15) is 0 Å². The van der Waals surface area contributed by atoms with Crippen molar-refractivity contribution in [2.75, 3.05) is 31.1 Å². The molecule has 0 atom stereocenters. The van der Waals surface area contributed by atoms with Gasteiger partial charge in [0.15, 0.2) is 5.82 Å². The Labute approximate surface area is 126 Å². The Hall–Kier alpha value is -1.94. The van der Waals surface area contributed by atoms with E-state index in [4.69, 9.17) is 0 Å². The van der Waals surface area contributed by atoms with Crippen molar-refractivity contribution in [2.24, 2.45) is 0 Å². The van der Waals surface area contributed by atoms with Crippen molar-refractivity contribution in [3.05, 3.63) is 41.5 Å². The summed E-state index contributed by atoms with van der Waals surface area (Å²) in [6, 6.07) is 10.6. The zero-order valence-electron chi connectivity index (χ0n) is 12.8. The third-order valence-corrected chi connectivity index (χ3v) is 3.97. The first kappa shape index (κ1) is 14.0. The molecule has 1 aromatic heterocycles. The van der Waals surface area contributed by atoms with Crippen LogP contribution >= 0.6 is 0 Å². The molecule has 4 heteroatoms. The number of rotatable bonds is 2. The largest absolute Gasteiger partial charge is 0.354 e. The SMILES string of the molecule is Cc1ccc(-c2ccc(N3CCCNCC3)nn2)c(C)c1. The van der Waals surface area contributed by atoms with E-state index in [0.717, 1.165) is 49.7 Å². The van der Waals surface area contributed by atoms with Crippen molar-refractivity contribution in [2.45, 2.75) is 20.3 Å². The average Bonchev–Trinajstić information content (AvgIpc) is 2.77. The number of nitrogens with one attached hydrogen (secondary N) is 1. The van der Waals surface area contributed by atoms with Gasteiger partial charge in [0.05, 0.1) is 5.69 Å². The second-order valence-corrected chi connectivity index (χ2v) is 5.69. The first-order valence-electron chi connectivity index (χ1n) is 7.61. The molecule has 1 saturated heterocycles. The van der Waals surface area contributed by atoms with Gasteiger partial charge in [-0.1, -0.05) is 23.8 Å². The standard InChI is InChI=1S/C17H22N4/c1-13-4-5-15(14(2)12-13)16-6-7-17(20-19-16)21-10-3-8-18-9-11-21/h4-7,12,18H,3,8-11H2,1-2H3. The van der Waals surface area contributed by atoms with Gasteiger partial charge in [-0.2, -0.15) is 0 Å². The number of aromatic nitrogens is 2. The summed E-state index contributed by atoms with van der Waals surface area (Å²) in [5.74, 6) is 0.979. The lowest BCUT2D eigenvalue weighted by molar-refractivity contribution is 0.724. The van der Waals surface area contributed by atoms with Crippen LogP contribution in [0.5, 0.6) is 0 Å². The van der Waals surface area contributed by atoms with Crippen LogP contribution in [0.2, 0.25) is 0 Å². The molecule has 1 fully saturated rings. The van der Waals surface area contributed by atoms with E-state index in [1.807, 2.05) is 0 Å². The number of hydrogen-bond donors (Lipinski definition) is 1. The van der Waals surface area contributed by atoms with Gasteiger partial charge in [0.25, 0.3) is 0 Å². The maximum atomic E-state index is 4.43. The molecule has 4 nitrogen and oxygen atoms in total. The molecule has 2 aromatic rings. The second-order valence-electron chi connectivity index (χ2n) is 5.69. The van der Waals surface area contributed by atoms with Crippen LogP contribution in [0.3, 0.4) is 0 Å². The first-order valence-corrected chi connectivity index (χ1v) is 7.61. The van der Waals surface area contributed by atoms with Gasteiger partial charge in [0.1, 0.15) is 0 Å². The van der Waals surface area contributed by atoms with E-state index < -0.39 is 0 Å². The maximum absolute atomic E-state index is 4.43. The van der Waals surface area contributed by atoms with Crippen molar-refractivity contribution in [3.8, 4) is 11.3 Å². The summed E-state index contributed by atoms with van der Waals surface area (Å²) in [5.41, 5.74) is 4.63. The summed E-state index contributed by atoms with van der Waals surface area (Å²) in [5, 5.41) is 12.3.